The molecule has 1 aromatic heterocycles. The van der Waals surface area contributed by atoms with E-state index in [4.69, 9.17) is 10.5 Å². The molecule has 1 aromatic rings. The topological polar surface area (TPSA) is 53.1 Å². The fourth-order valence-corrected chi connectivity index (χ4v) is 2.35. The highest BCUT2D eigenvalue weighted by molar-refractivity contribution is 5.13. The molecule has 17 heavy (non-hydrogen) atoms. The second-order valence-corrected chi connectivity index (χ2v) is 4.47. The van der Waals surface area contributed by atoms with Gasteiger partial charge in [0, 0.05) is 13.7 Å². The smallest absolute Gasteiger partial charge is 0.105 e. The number of aryl methyl sites for hydroxylation is 1. The van der Waals surface area contributed by atoms with E-state index in [2.05, 4.69) is 18.8 Å². The highest BCUT2D eigenvalue weighted by Crippen LogP contribution is 2.33. The van der Waals surface area contributed by atoms with Gasteiger partial charge in [0.05, 0.1) is 23.5 Å². The number of rotatable bonds is 6. The zero-order valence-corrected chi connectivity index (χ0v) is 11.7. The van der Waals surface area contributed by atoms with Crippen LogP contribution in [0.2, 0.25) is 0 Å². The molecule has 0 aliphatic heterocycles. The average molecular weight is 239 g/mol. The van der Waals surface area contributed by atoms with Gasteiger partial charge < -0.3 is 15.0 Å². The van der Waals surface area contributed by atoms with Crippen molar-refractivity contribution in [1.29, 1.82) is 0 Å². The minimum atomic E-state index is -0.283. The molecule has 0 aliphatic carbocycles. The molecule has 0 bridgehead atoms. The molecule has 0 aliphatic rings. The van der Waals surface area contributed by atoms with Gasteiger partial charge in [-0.05, 0) is 26.7 Å². The maximum Gasteiger partial charge on any atom is 0.105 e. The van der Waals surface area contributed by atoms with Gasteiger partial charge in [-0.1, -0.05) is 13.8 Å². The van der Waals surface area contributed by atoms with Gasteiger partial charge in [0.15, 0.2) is 0 Å². The second kappa shape index (κ2) is 5.65. The Balaban J connectivity index is 3.07. The Morgan fingerprint density at radius 3 is 2.35 bits per heavy atom. The summed E-state index contributed by atoms with van der Waals surface area (Å²) in [7, 11) is 2.00. The van der Waals surface area contributed by atoms with Gasteiger partial charge in [-0.15, -0.1) is 0 Å². The molecule has 0 fully saturated rings. The van der Waals surface area contributed by atoms with E-state index in [9.17, 15) is 0 Å². The molecule has 1 rings (SSSR count). The summed E-state index contributed by atoms with van der Waals surface area (Å²) in [4.78, 5) is 4.31. The summed E-state index contributed by atoms with van der Waals surface area (Å²) in [5, 5.41) is 0. The van der Waals surface area contributed by atoms with Gasteiger partial charge >= 0.3 is 0 Å². The summed E-state index contributed by atoms with van der Waals surface area (Å²) in [5.74, 6) is 0.980. The van der Waals surface area contributed by atoms with Gasteiger partial charge in [-0.25, -0.2) is 4.98 Å². The quantitative estimate of drug-likeness (QED) is 0.829. The van der Waals surface area contributed by atoms with E-state index >= 15 is 0 Å². The molecule has 0 amide bonds. The number of nitrogens with two attached hydrogens (primary N) is 1. The Hall–Kier alpha value is -0.870. The molecule has 2 N–H and O–H groups in total. The summed E-state index contributed by atoms with van der Waals surface area (Å²) < 4.78 is 7.99. The van der Waals surface area contributed by atoms with Gasteiger partial charge in [-0.2, -0.15) is 0 Å². The lowest BCUT2D eigenvalue weighted by Crippen LogP contribution is -2.43. The normalized spacial score (nSPS) is 14.0. The molecule has 0 saturated heterocycles. The Bertz CT molecular complexity index is 356. The third kappa shape index (κ3) is 2.53. The molecule has 4 heteroatoms. The molecule has 1 heterocycles. The van der Waals surface area contributed by atoms with Crippen molar-refractivity contribution in [1.82, 2.24) is 9.55 Å². The number of ether oxygens (including phenoxy) is 1. The molecule has 4 nitrogen and oxygen atoms in total. The Kier molecular flexibility index (Phi) is 4.71. The standard InChI is InChI=1S/C13H25N3O/c1-6-13(7-2,17-8-3)12(14)11-9-15-10(4)16(11)5/h9,12H,6-8,14H2,1-5H3. The highest BCUT2D eigenvalue weighted by Gasteiger charge is 2.36. The summed E-state index contributed by atoms with van der Waals surface area (Å²) in [6, 6.07) is -0.136. The predicted octanol–water partition coefficient (Wildman–Crippen LogP) is 2.32. The van der Waals surface area contributed by atoms with Crippen LogP contribution in [-0.2, 0) is 11.8 Å². The summed E-state index contributed by atoms with van der Waals surface area (Å²) >= 11 is 0. The minimum Gasteiger partial charge on any atom is -0.373 e. The fraction of sp³-hybridized carbons (Fsp3) is 0.769. The maximum absolute atomic E-state index is 6.41. The first-order chi connectivity index (χ1) is 8.02. The lowest BCUT2D eigenvalue weighted by Gasteiger charge is -2.37. The summed E-state index contributed by atoms with van der Waals surface area (Å²) in [5.41, 5.74) is 7.17. The van der Waals surface area contributed by atoms with E-state index in [0.29, 0.717) is 6.61 Å². The van der Waals surface area contributed by atoms with Crippen molar-refractivity contribution in [2.45, 2.75) is 52.2 Å². The van der Waals surface area contributed by atoms with Gasteiger partial charge in [0.1, 0.15) is 5.82 Å². The zero-order valence-electron chi connectivity index (χ0n) is 11.7. The van der Waals surface area contributed by atoms with E-state index in [1.807, 2.05) is 31.7 Å². The second-order valence-electron chi connectivity index (χ2n) is 4.47. The van der Waals surface area contributed by atoms with E-state index in [1.165, 1.54) is 0 Å². The first-order valence-electron chi connectivity index (χ1n) is 6.40. The van der Waals surface area contributed by atoms with Crippen LogP contribution in [-0.4, -0.2) is 21.8 Å². The van der Waals surface area contributed by atoms with E-state index in [0.717, 1.165) is 24.4 Å². The van der Waals surface area contributed by atoms with Crippen LogP contribution < -0.4 is 5.73 Å². The Morgan fingerprint density at radius 1 is 1.41 bits per heavy atom. The van der Waals surface area contributed by atoms with Crippen molar-refractivity contribution in [3.8, 4) is 0 Å². The third-order valence-electron chi connectivity index (χ3n) is 3.77. The van der Waals surface area contributed by atoms with Crippen LogP contribution >= 0.6 is 0 Å². The van der Waals surface area contributed by atoms with Crippen molar-refractivity contribution in [2.24, 2.45) is 12.8 Å². The van der Waals surface area contributed by atoms with Crippen LogP contribution in [0.4, 0.5) is 0 Å². The first kappa shape index (κ1) is 14.2. The molecule has 98 valence electrons. The molecule has 0 aromatic carbocycles. The molecular weight excluding hydrogens is 214 g/mol. The van der Waals surface area contributed by atoms with E-state index in [-0.39, 0.29) is 11.6 Å². The first-order valence-corrected chi connectivity index (χ1v) is 6.40. The van der Waals surface area contributed by atoms with Crippen LogP contribution in [0.5, 0.6) is 0 Å². The third-order valence-corrected chi connectivity index (χ3v) is 3.77. The zero-order chi connectivity index (χ0) is 13.1. The lowest BCUT2D eigenvalue weighted by molar-refractivity contribution is -0.0659. The monoisotopic (exact) mass is 239 g/mol. The molecule has 0 spiro atoms. The van der Waals surface area contributed by atoms with Crippen LogP contribution in [0.25, 0.3) is 0 Å². The number of imidazole rings is 1. The van der Waals surface area contributed by atoms with Crippen LogP contribution in [0.15, 0.2) is 6.20 Å². The Labute approximate surface area is 104 Å². The molecule has 0 radical (unpaired) electrons. The molecule has 1 atom stereocenters. The van der Waals surface area contributed by atoms with Crippen molar-refractivity contribution >= 4 is 0 Å². The lowest BCUT2D eigenvalue weighted by atomic mass is 9.87. The summed E-state index contributed by atoms with van der Waals surface area (Å²) in [6.07, 6.45) is 3.67. The van der Waals surface area contributed by atoms with Gasteiger partial charge in [0.2, 0.25) is 0 Å². The van der Waals surface area contributed by atoms with Gasteiger partial charge in [-0.3, -0.25) is 0 Å². The van der Waals surface area contributed by atoms with Crippen molar-refractivity contribution < 1.29 is 4.74 Å². The number of aromatic nitrogens is 2. The van der Waals surface area contributed by atoms with Crippen molar-refractivity contribution in [3.05, 3.63) is 17.7 Å². The molecule has 1 unspecified atom stereocenters. The molecule has 0 saturated carbocycles. The average Bonchev–Trinajstić information content (AvgIpc) is 2.66. The Morgan fingerprint density at radius 2 is 2.00 bits per heavy atom. The van der Waals surface area contributed by atoms with Gasteiger partial charge in [0.25, 0.3) is 0 Å². The van der Waals surface area contributed by atoms with E-state index < -0.39 is 0 Å². The van der Waals surface area contributed by atoms with Crippen molar-refractivity contribution in [2.75, 3.05) is 6.61 Å². The van der Waals surface area contributed by atoms with E-state index in [1.54, 1.807) is 0 Å². The van der Waals surface area contributed by atoms with Crippen LogP contribution in [0, 0.1) is 6.92 Å². The minimum absolute atomic E-state index is 0.136. The van der Waals surface area contributed by atoms with Crippen LogP contribution in [0.1, 0.15) is 51.2 Å². The molecular formula is C13H25N3O. The SMILES string of the molecule is CCOC(CC)(CC)C(N)c1cnc(C)n1C. The largest absolute Gasteiger partial charge is 0.373 e. The number of hydrogen-bond donors (Lipinski definition) is 1. The number of hydrogen-bond acceptors (Lipinski definition) is 3. The summed E-state index contributed by atoms with van der Waals surface area (Å²) in [6.45, 7) is 8.94. The fourth-order valence-electron chi connectivity index (χ4n) is 2.35. The predicted molar refractivity (Wildman–Crippen MR) is 69.8 cm³/mol. The highest BCUT2D eigenvalue weighted by atomic mass is 16.5. The van der Waals surface area contributed by atoms with Crippen molar-refractivity contribution in [3.63, 3.8) is 0 Å². The maximum atomic E-state index is 6.41. The number of nitrogens with zero attached hydrogens (tertiary/aromatic N) is 2. The van der Waals surface area contributed by atoms with Crippen LogP contribution in [0.3, 0.4) is 0 Å².